The van der Waals surface area contributed by atoms with E-state index in [4.69, 9.17) is 28.2 Å². The lowest BCUT2D eigenvalue weighted by Gasteiger charge is -2.02. The summed E-state index contributed by atoms with van der Waals surface area (Å²) in [5.74, 6) is 3.52. The third-order valence-corrected chi connectivity index (χ3v) is 4.78. The Morgan fingerprint density at radius 3 is 2.92 bits per heavy atom. The van der Waals surface area contributed by atoms with Crippen molar-refractivity contribution in [2.75, 3.05) is 0 Å². The van der Waals surface area contributed by atoms with Crippen LogP contribution >= 0.6 is 23.8 Å². The van der Waals surface area contributed by atoms with Gasteiger partial charge in [0, 0.05) is 11.5 Å². The third-order valence-electron chi connectivity index (χ3n) is 4.19. The fourth-order valence-electron chi connectivity index (χ4n) is 2.69. The number of H-pyrrole nitrogens is 1. The SMILES string of the molecule is C[C@H]1C[C@H]1c1ccc(/C=N\n2c(-c3ccccc3Cl)n[nH]c2=S)o1. The number of furan rings is 1. The van der Waals surface area contributed by atoms with Crippen LogP contribution in [-0.2, 0) is 0 Å². The van der Waals surface area contributed by atoms with Gasteiger partial charge in [-0.1, -0.05) is 30.7 Å². The largest absolute Gasteiger partial charge is 0.460 e. The molecule has 0 bridgehead atoms. The highest BCUT2D eigenvalue weighted by atomic mass is 35.5. The normalized spacial score (nSPS) is 19.9. The Hall–Kier alpha value is -2.18. The lowest BCUT2D eigenvalue weighted by atomic mass is 10.2. The van der Waals surface area contributed by atoms with Crippen LogP contribution in [0.5, 0.6) is 0 Å². The molecule has 3 aromatic rings. The van der Waals surface area contributed by atoms with Gasteiger partial charge in [0.2, 0.25) is 4.77 Å². The quantitative estimate of drug-likeness (QED) is 0.535. The van der Waals surface area contributed by atoms with Crippen LogP contribution in [0, 0.1) is 10.7 Å². The van der Waals surface area contributed by atoms with E-state index in [0.29, 0.717) is 33.2 Å². The maximum absolute atomic E-state index is 6.24. The molecule has 1 aliphatic carbocycles. The Labute approximate surface area is 149 Å². The van der Waals surface area contributed by atoms with Crippen molar-refractivity contribution in [1.29, 1.82) is 0 Å². The van der Waals surface area contributed by atoms with Crippen molar-refractivity contribution in [2.45, 2.75) is 19.3 Å². The van der Waals surface area contributed by atoms with Gasteiger partial charge in [-0.05, 0) is 48.8 Å². The van der Waals surface area contributed by atoms with Crippen LogP contribution in [0.3, 0.4) is 0 Å². The molecule has 0 amide bonds. The van der Waals surface area contributed by atoms with Crippen molar-refractivity contribution in [1.82, 2.24) is 14.9 Å². The molecule has 5 nitrogen and oxygen atoms in total. The second kappa shape index (κ2) is 6.03. The van der Waals surface area contributed by atoms with Crippen LogP contribution in [0.1, 0.15) is 30.8 Å². The van der Waals surface area contributed by atoms with Crippen molar-refractivity contribution >= 4 is 30.0 Å². The van der Waals surface area contributed by atoms with E-state index in [1.807, 2.05) is 30.3 Å². The van der Waals surface area contributed by atoms with Crippen molar-refractivity contribution in [3.05, 3.63) is 57.7 Å². The molecule has 1 aliphatic rings. The highest BCUT2D eigenvalue weighted by molar-refractivity contribution is 7.71. The Balaban J connectivity index is 1.65. The Morgan fingerprint density at radius 2 is 2.17 bits per heavy atom. The second-order valence-electron chi connectivity index (χ2n) is 5.95. The predicted octanol–water partition coefficient (Wildman–Crippen LogP) is 4.86. The van der Waals surface area contributed by atoms with Crippen LogP contribution in [0.4, 0.5) is 0 Å². The molecule has 2 heterocycles. The standard InChI is InChI=1S/C17H15ClN4OS/c1-10-8-13(10)15-7-6-11(23-15)9-19-22-16(20-21-17(22)24)12-4-2-3-5-14(12)18/h2-7,9-10,13H,8H2,1H3,(H,21,24)/b19-9-/t10-,13+/m0/s1. The zero-order chi connectivity index (χ0) is 16.7. The smallest absolute Gasteiger partial charge is 0.216 e. The van der Waals surface area contributed by atoms with Crippen LogP contribution in [-0.4, -0.2) is 21.1 Å². The summed E-state index contributed by atoms with van der Waals surface area (Å²) in [6, 6.07) is 11.4. The van der Waals surface area contributed by atoms with Gasteiger partial charge in [-0.2, -0.15) is 14.9 Å². The molecule has 0 saturated heterocycles. The van der Waals surface area contributed by atoms with Gasteiger partial charge in [-0.25, -0.2) is 5.10 Å². The summed E-state index contributed by atoms with van der Waals surface area (Å²) in [6.45, 7) is 2.22. The van der Waals surface area contributed by atoms with Crippen LogP contribution in [0.2, 0.25) is 5.02 Å². The van der Waals surface area contributed by atoms with E-state index in [0.717, 1.165) is 11.3 Å². The first kappa shape index (κ1) is 15.4. The van der Waals surface area contributed by atoms with Gasteiger partial charge in [0.25, 0.3) is 0 Å². The predicted molar refractivity (Wildman–Crippen MR) is 96.1 cm³/mol. The summed E-state index contributed by atoms with van der Waals surface area (Å²) >= 11 is 11.5. The Bertz CT molecular complexity index is 971. The molecular weight excluding hydrogens is 344 g/mol. The summed E-state index contributed by atoms with van der Waals surface area (Å²) in [4.78, 5) is 0. The lowest BCUT2D eigenvalue weighted by molar-refractivity contribution is 0.500. The molecule has 4 rings (SSSR count). The number of halogens is 1. The van der Waals surface area contributed by atoms with Crippen LogP contribution in [0.25, 0.3) is 11.4 Å². The average Bonchev–Trinajstić information content (AvgIpc) is 2.97. The molecule has 2 atom stereocenters. The minimum absolute atomic E-state index is 0.392. The first-order chi connectivity index (χ1) is 11.6. The van der Waals surface area contributed by atoms with E-state index in [9.17, 15) is 0 Å². The maximum Gasteiger partial charge on any atom is 0.216 e. The van der Waals surface area contributed by atoms with Crippen molar-refractivity contribution in [3.63, 3.8) is 0 Å². The van der Waals surface area contributed by atoms with Crippen molar-refractivity contribution in [3.8, 4) is 11.4 Å². The van der Waals surface area contributed by atoms with Gasteiger partial charge in [0.05, 0.1) is 11.2 Å². The number of nitrogens with zero attached hydrogens (tertiary/aromatic N) is 3. The number of benzene rings is 1. The molecule has 1 aromatic carbocycles. The molecule has 122 valence electrons. The highest BCUT2D eigenvalue weighted by Crippen LogP contribution is 2.47. The number of rotatable bonds is 4. The zero-order valence-corrected chi connectivity index (χ0v) is 14.5. The van der Waals surface area contributed by atoms with E-state index >= 15 is 0 Å². The molecule has 0 unspecified atom stereocenters. The summed E-state index contributed by atoms with van der Waals surface area (Å²) in [7, 11) is 0. The fraction of sp³-hybridized carbons (Fsp3) is 0.235. The van der Waals surface area contributed by atoms with E-state index in [2.05, 4.69) is 22.2 Å². The molecule has 0 spiro atoms. The molecule has 1 N–H and O–H groups in total. The molecule has 0 radical (unpaired) electrons. The zero-order valence-electron chi connectivity index (χ0n) is 12.9. The van der Waals surface area contributed by atoms with Gasteiger partial charge >= 0.3 is 0 Å². The van der Waals surface area contributed by atoms with Crippen LogP contribution in [0.15, 0.2) is 45.9 Å². The van der Waals surface area contributed by atoms with Gasteiger partial charge in [0.15, 0.2) is 5.82 Å². The summed E-state index contributed by atoms with van der Waals surface area (Å²) < 4.78 is 7.76. The Kier molecular flexibility index (Phi) is 3.86. The number of hydrogen-bond donors (Lipinski definition) is 1. The molecular formula is C17H15ClN4OS. The number of hydrogen-bond acceptors (Lipinski definition) is 4. The fourth-order valence-corrected chi connectivity index (χ4v) is 3.09. The maximum atomic E-state index is 6.24. The van der Waals surface area contributed by atoms with E-state index < -0.39 is 0 Å². The van der Waals surface area contributed by atoms with Gasteiger partial charge in [0.1, 0.15) is 11.5 Å². The monoisotopic (exact) mass is 358 g/mol. The molecule has 24 heavy (non-hydrogen) atoms. The number of aromatic amines is 1. The molecule has 1 saturated carbocycles. The highest BCUT2D eigenvalue weighted by Gasteiger charge is 2.36. The molecule has 1 fully saturated rings. The first-order valence-corrected chi connectivity index (χ1v) is 8.48. The third kappa shape index (κ3) is 2.83. The first-order valence-electron chi connectivity index (χ1n) is 7.70. The number of nitrogens with one attached hydrogen (secondary N) is 1. The van der Waals surface area contributed by atoms with E-state index in [1.165, 1.54) is 6.42 Å². The van der Waals surface area contributed by atoms with Crippen LogP contribution < -0.4 is 0 Å². The minimum atomic E-state index is 0.392. The Morgan fingerprint density at radius 1 is 1.38 bits per heavy atom. The van der Waals surface area contributed by atoms with Crippen molar-refractivity contribution < 1.29 is 4.42 Å². The molecule has 2 aromatic heterocycles. The van der Waals surface area contributed by atoms with E-state index in [1.54, 1.807) is 17.0 Å². The average molecular weight is 359 g/mol. The summed E-state index contributed by atoms with van der Waals surface area (Å²) in [5, 5.41) is 12.0. The van der Waals surface area contributed by atoms with E-state index in [-0.39, 0.29) is 0 Å². The van der Waals surface area contributed by atoms with Crippen molar-refractivity contribution in [2.24, 2.45) is 11.0 Å². The summed E-state index contributed by atoms with van der Waals surface area (Å²) in [6.07, 6.45) is 2.83. The molecule has 7 heteroatoms. The minimum Gasteiger partial charge on any atom is -0.460 e. The van der Waals surface area contributed by atoms with Gasteiger partial charge < -0.3 is 4.42 Å². The topological polar surface area (TPSA) is 59.1 Å². The van der Waals surface area contributed by atoms with Gasteiger partial charge in [-0.15, -0.1) is 0 Å². The summed E-state index contributed by atoms with van der Waals surface area (Å²) in [5.41, 5.74) is 0.760. The molecule has 0 aliphatic heterocycles. The lowest BCUT2D eigenvalue weighted by Crippen LogP contribution is -1.95. The second-order valence-corrected chi connectivity index (χ2v) is 6.74. The number of aromatic nitrogens is 3. The van der Waals surface area contributed by atoms with Gasteiger partial charge in [-0.3, -0.25) is 0 Å².